The molecule has 2 aromatic rings. The zero-order valence-electron chi connectivity index (χ0n) is 12.2. The normalized spacial score (nSPS) is 22.7. The zero-order valence-corrected chi connectivity index (χ0v) is 12.2. The summed E-state index contributed by atoms with van der Waals surface area (Å²) in [6.45, 7) is 2.28. The number of aliphatic hydroxyl groups is 1. The molecular formula is C17H24N2O. The Bertz CT molecular complexity index is 575. The SMILES string of the molecule is Cn1cc(CNCC2CCCC2CO)c2ccccc21. The van der Waals surface area contributed by atoms with Gasteiger partial charge in [-0.25, -0.2) is 0 Å². The summed E-state index contributed by atoms with van der Waals surface area (Å²) in [6, 6.07) is 8.55. The van der Waals surface area contributed by atoms with Gasteiger partial charge in [-0.15, -0.1) is 0 Å². The molecule has 1 aliphatic carbocycles. The maximum Gasteiger partial charge on any atom is 0.0481 e. The summed E-state index contributed by atoms with van der Waals surface area (Å²) >= 11 is 0. The first-order valence-electron chi connectivity index (χ1n) is 7.64. The van der Waals surface area contributed by atoms with E-state index in [1.807, 2.05) is 0 Å². The Morgan fingerprint density at radius 3 is 2.90 bits per heavy atom. The summed E-state index contributed by atoms with van der Waals surface area (Å²) in [5.74, 6) is 1.16. The van der Waals surface area contributed by atoms with Crippen LogP contribution in [0, 0.1) is 11.8 Å². The van der Waals surface area contributed by atoms with E-state index >= 15 is 0 Å². The number of fused-ring (bicyclic) bond motifs is 1. The van der Waals surface area contributed by atoms with Crippen molar-refractivity contribution in [1.29, 1.82) is 0 Å². The average Bonchev–Trinajstić information content (AvgIpc) is 3.05. The third kappa shape index (κ3) is 2.60. The third-order valence-corrected chi connectivity index (χ3v) is 4.75. The van der Waals surface area contributed by atoms with Crippen molar-refractivity contribution in [2.45, 2.75) is 25.8 Å². The lowest BCUT2D eigenvalue weighted by atomic mass is 9.97. The average molecular weight is 272 g/mol. The highest BCUT2D eigenvalue weighted by Crippen LogP contribution is 2.30. The Morgan fingerprint density at radius 1 is 1.25 bits per heavy atom. The zero-order chi connectivity index (χ0) is 13.9. The predicted octanol–water partition coefficient (Wildman–Crippen LogP) is 2.68. The highest BCUT2D eigenvalue weighted by molar-refractivity contribution is 5.83. The molecule has 2 N–H and O–H groups in total. The van der Waals surface area contributed by atoms with Crippen LogP contribution in [0.4, 0.5) is 0 Å². The van der Waals surface area contributed by atoms with Crippen LogP contribution in [0.3, 0.4) is 0 Å². The first kappa shape index (κ1) is 13.7. The van der Waals surface area contributed by atoms with E-state index in [9.17, 15) is 5.11 Å². The first-order valence-corrected chi connectivity index (χ1v) is 7.64. The molecule has 0 bridgehead atoms. The fourth-order valence-corrected chi connectivity index (χ4v) is 3.58. The molecular weight excluding hydrogens is 248 g/mol. The van der Waals surface area contributed by atoms with E-state index in [4.69, 9.17) is 0 Å². The van der Waals surface area contributed by atoms with Crippen molar-refractivity contribution < 1.29 is 5.11 Å². The van der Waals surface area contributed by atoms with Gasteiger partial charge < -0.3 is 15.0 Å². The molecule has 0 aliphatic heterocycles. The number of hydrogen-bond donors (Lipinski definition) is 2. The summed E-state index contributed by atoms with van der Waals surface area (Å²) in [7, 11) is 2.10. The molecule has 3 rings (SSSR count). The molecule has 20 heavy (non-hydrogen) atoms. The molecule has 0 spiro atoms. The minimum Gasteiger partial charge on any atom is -0.396 e. The highest BCUT2D eigenvalue weighted by atomic mass is 16.3. The molecule has 1 aromatic carbocycles. The van der Waals surface area contributed by atoms with Gasteiger partial charge in [0, 0.05) is 37.3 Å². The molecule has 0 amide bonds. The lowest BCUT2D eigenvalue weighted by molar-refractivity contribution is 0.192. The van der Waals surface area contributed by atoms with E-state index in [1.54, 1.807) is 0 Å². The van der Waals surface area contributed by atoms with Gasteiger partial charge in [0.05, 0.1) is 0 Å². The van der Waals surface area contributed by atoms with Gasteiger partial charge in [0.15, 0.2) is 0 Å². The van der Waals surface area contributed by atoms with Gasteiger partial charge in [0.2, 0.25) is 0 Å². The smallest absolute Gasteiger partial charge is 0.0481 e. The highest BCUT2D eigenvalue weighted by Gasteiger charge is 2.25. The van der Waals surface area contributed by atoms with Gasteiger partial charge in [0.1, 0.15) is 0 Å². The van der Waals surface area contributed by atoms with Crippen molar-refractivity contribution in [2.24, 2.45) is 18.9 Å². The number of para-hydroxylation sites is 1. The van der Waals surface area contributed by atoms with E-state index in [-0.39, 0.29) is 0 Å². The van der Waals surface area contributed by atoms with Crippen molar-refractivity contribution in [1.82, 2.24) is 9.88 Å². The molecule has 1 saturated carbocycles. The number of aromatic nitrogens is 1. The lowest BCUT2D eigenvalue weighted by Crippen LogP contribution is -2.26. The van der Waals surface area contributed by atoms with E-state index in [0.717, 1.165) is 13.1 Å². The Hall–Kier alpha value is -1.32. The summed E-state index contributed by atoms with van der Waals surface area (Å²) in [4.78, 5) is 0. The Labute approximate surface area is 120 Å². The molecule has 1 heterocycles. The molecule has 1 fully saturated rings. The van der Waals surface area contributed by atoms with Crippen molar-refractivity contribution in [3.8, 4) is 0 Å². The van der Waals surface area contributed by atoms with Gasteiger partial charge in [-0.1, -0.05) is 24.6 Å². The largest absolute Gasteiger partial charge is 0.396 e. The van der Waals surface area contributed by atoms with Crippen LogP contribution in [0.5, 0.6) is 0 Å². The van der Waals surface area contributed by atoms with Crippen LogP contribution in [0.15, 0.2) is 30.5 Å². The third-order valence-electron chi connectivity index (χ3n) is 4.75. The summed E-state index contributed by atoms with van der Waals surface area (Å²) < 4.78 is 2.19. The van der Waals surface area contributed by atoms with Gasteiger partial charge in [0.25, 0.3) is 0 Å². The standard InChI is InChI=1S/C17H24N2O/c1-19-11-15(16-7-2-3-8-17(16)19)10-18-9-13-5-4-6-14(13)12-20/h2-3,7-8,11,13-14,18,20H,4-6,9-10,12H2,1H3. The Balaban J connectivity index is 1.63. The molecule has 3 heteroatoms. The molecule has 1 aromatic heterocycles. The van der Waals surface area contributed by atoms with Crippen LogP contribution in [0.1, 0.15) is 24.8 Å². The van der Waals surface area contributed by atoms with Crippen molar-refractivity contribution >= 4 is 10.9 Å². The Morgan fingerprint density at radius 2 is 2.05 bits per heavy atom. The van der Waals surface area contributed by atoms with Crippen LogP contribution in [-0.4, -0.2) is 22.8 Å². The monoisotopic (exact) mass is 272 g/mol. The summed E-state index contributed by atoms with van der Waals surface area (Å²) in [5.41, 5.74) is 2.65. The molecule has 0 saturated heterocycles. The van der Waals surface area contributed by atoms with Crippen molar-refractivity contribution in [2.75, 3.05) is 13.2 Å². The van der Waals surface area contributed by atoms with Crippen molar-refractivity contribution in [3.05, 3.63) is 36.0 Å². The fourth-order valence-electron chi connectivity index (χ4n) is 3.58. The van der Waals surface area contributed by atoms with Gasteiger partial charge in [-0.3, -0.25) is 0 Å². The second kappa shape index (κ2) is 5.98. The Kier molecular flexibility index (Phi) is 4.08. The number of aryl methyl sites for hydroxylation is 1. The lowest BCUT2D eigenvalue weighted by Gasteiger charge is -2.17. The van der Waals surface area contributed by atoms with Crippen LogP contribution < -0.4 is 5.32 Å². The van der Waals surface area contributed by atoms with Crippen LogP contribution in [-0.2, 0) is 13.6 Å². The number of rotatable bonds is 5. The van der Waals surface area contributed by atoms with E-state index in [1.165, 1.54) is 35.7 Å². The van der Waals surface area contributed by atoms with E-state index in [2.05, 4.69) is 47.4 Å². The van der Waals surface area contributed by atoms with Gasteiger partial charge >= 0.3 is 0 Å². The second-order valence-electron chi connectivity index (χ2n) is 6.05. The summed E-state index contributed by atoms with van der Waals surface area (Å²) in [5, 5.41) is 14.3. The molecule has 108 valence electrons. The molecule has 0 radical (unpaired) electrons. The van der Waals surface area contributed by atoms with Crippen molar-refractivity contribution in [3.63, 3.8) is 0 Å². The van der Waals surface area contributed by atoms with Gasteiger partial charge in [-0.05, 0) is 42.9 Å². The second-order valence-corrected chi connectivity index (χ2v) is 6.05. The molecule has 2 unspecified atom stereocenters. The van der Waals surface area contributed by atoms with Crippen LogP contribution in [0.2, 0.25) is 0 Å². The first-order chi connectivity index (χ1) is 9.79. The maximum atomic E-state index is 9.37. The molecule has 2 atom stereocenters. The number of nitrogens with zero attached hydrogens (tertiary/aromatic N) is 1. The number of nitrogens with one attached hydrogen (secondary N) is 1. The quantitative estimate of drug-likeness (QED) is 0.878. The minimum absolute atomic E-state index is 0.348. The van der Waals surface area contributed by atoms with Crippen LogP contribution >= 0.6 is 0 Å². The van der Waals surface area contributed by atoms with Gasteiger partial charge in [-0.2, -0.15) is 0 Å². The van der Waals surface area contributed by atoms with E-state index in [0.29, 0.717) is 18.4 Å². The number of hydrogen-bond acceptors (Lipinski definition) is 2. The number of benzene rings is 1. The molecule has 3 nitrogen and oxygen atoms in total. The fraction of sp³-hybridized carbons (Fsp3) is 0.529. The minimum atomic E-state index is 0.348. The predicted molar refractivity (Wildman–Crippen MR) is 82.5 cm³/mol. The number of aliphatic hydroxyl groups excluding tert-OH is 1. The topological polar surface area (TPSA) is 37.2 Å². The van der Waals surface area contributed by atoms with Crippen LogP contribution in [0.25, 0.3) is 10.9 Å². The van der Waals surface area contributed by atoms with E-state index < -0.39 is 0 Å². The molecule has 1 aliphatic rings. The maximum absolute atomic E-state index is 9.37. The summed E-state index contributed by atoms with van der Waals surface area (Å²) in [6.07, 6.45) is 5.94.